The standard InChI is InChI=1S/C16H22N2O/c1-12-3-2-4-14(12)11-18-16(19)10-7-13-5-8-15(17)9-6-13/h5-10,12,14H,2-4,11,17H2,1H3,(H,18,19)/b10-7+. The summed E-state index contributed by atoms with van der Waals surface area (Å²) in [6, 6.07) is 7.46. The van der Waals surface area contributed by atoms with Crippen LogP contribution in [0.25, 0.3) is 6.08 Å². The number of carbonyl (C=O) groups excluding carboxylic acids is 1. The summed E-state index contributed by atoms with van der Waals surface area (Å²) >= 11 is 0. The maximum atomic E-state index is 11.7. The maximum absolute atomic E-state index is 11.7. The largest absolute Gasteiger partial charge is 0.399 e. The van der Waals surface area contributed by atoms with Crippen LogP contribution in [0.15, 0.2) is 30.3 Å². The van der Waals surface area contributed by atoms with Crippen LogP contribution in [-0.2, 0) is 4.79 Å². The molecule has 0 aliphatic heterocycles. The van der Waals surface area contributed by atoms with Gasteiger partial charge in [-0.25, -0.2) is 0 Å². The van der Waals surface area contributed by atoms with Gasteiger partial charge in [-0.05, 0) is 42.0 Å². The van der Waals surface area contributed by atoms with Gasteiger partial charge in [0.25, 0.3) is 0 Å². The van der Waals surface area contributed by atoms with Gasteiger partial charge in [0, 0.05) is 18.3 Å². The van der Waals surface area contributed by atoms with Crippen LogP contribution in [0.3, 0.4) is 0 Å². The molecule has 3 heteroatoms. The lowest BCUT2D eigenvalue weighted by Gasteiger charge is -2.14. The van der Waals surface area contributed by atoms with E-state index >= 15 is 0 Å². The summed E-state index contributed by atoms with van der Waals surface area (Å²) in [5.74, 6) is 1.37. The minimum atomic E-state index is -0.0177. The SMILES string of the molecule is CC1CCCC1CNC(=O)/C=C/c1ccc(N)cc1. The van der Waals surface area contributed by atoms with Gasteiger partial charge >= 0.3 is 0 Å². The van der Waals surface area contributed by atoms with Gasteiger partial charge in [-0.3, -0.25) is 4.79 Å². The molecule has 3 N–H and O–H groups in total. The van der Waals surface area contributed by atoms with E-state index in [-0.39, 0.29) is 5.91 Å². The highest BCUT2D eigenvalue weighted by Gasteiger charge is 2.23. The normalized spacial score (nSPS) is 22.8. The molecule has 2 rings (SSSR count). The minimum Gasteiger partial charge on any atom is -0.399 e. The zero-order valence-electron chi connectivity index (χ0n) is 11.4. The average molecular weight is 258 g/mol. The van der Waals surface area contributed by atoms with Crippen LogP contribution in [-0.4, -0.2) is 12.5 Å². The summed E-state index contributed by atoms with van der Waals surface area (Å²) < 4.78 is 0. The molecule has 0 heterocycles. The van der Waals surface area contributed by atoms with E-state index < -0.39 is 0 Å². The highest BCUT2D eigenvalue weighted by atomic mass is 16.1. The van der Waals surface area contributed by atoms with Crippen molar-refractivity contribution >= 4 is 17.7 Å². The Bertz CT molecular complexity index is 450. The highest BCUT2D eigenvalue weighted by Crippen LogP contribution is 2.30. The fraction of sp³-hybridized carbons (Fsp3) is 0.438. The molecule has 1 aliphatic rings. The molecular formula is C16H22N2O. The van der Waals surface area contributed by atoms with E-state index in [9.17, 15) is 4.79 Å². The molecule has 1 fully saturated rings. The van der Waals surface area contributed by atoms with Gasteiger partial charge in [0.15, 0.2) is 0 Å². The second-order valence-corrected chi connectivity index (χ2v) is 5.41. The fourth-order valence-electron chi connectivity index (χ4n) is 2.60. The summed E-state index contributed by atoms with van der Waals surface area (Å²) in [6.45, 7) is 3.07. The first-order valence-corrected chi connectivity index (χ1v) is 6.96. The van der Waals surface area contributed by atoms with E-state index in [0.29, 0.717) is 5.92 Å². The summed E-state index contributed by atoms with van der Waals surface area (Å²) in [4.78, 5) is 11.7. The first kappa shape index (κ1) is 13.7. The first-order valence-electron chi connectivity index (χ1n) is 6.96. The quantitative estimate of drug-likeness (QED) is 0.644. The molecule has 0 aromatic heterocycles. The number of rotatable bonds is 4. The summed E-state index contributed by atoms with van der Waals surface area (Å²) in [5.41, 5.74) is 7.33. The van der Waals surface area contributed by atoms with Crippen molar-refractivity contribution in [2.75, 3.05) is 12.3 Å². The predicted octanol–water partition coefficient (Wildman–Crippen LogP) is 2.83. The number of nitrogen functional groups attached to an aromatic ring is 1. The molecule has 0 spiro atoms. The molecule has 0 saturated heterocycles. The van der Waals surface area contributed by atoms with E-state index in [1.165, 1.54) is 19.3 Å². The topological polar surface area (TPSA) is 55.1 Å². The Morgan fingerprint density at radius 1 is 1.37 bits per heavy atom. The van der Waals surface area contributed by atoms with Gasteiger partial charge in [0.05, 0.1) is 0 Å². The number of hydrogen-bond acceptors (Lipinski definition) is 2. The van der Waals surface area contributed by atoms with E-state index in [1.807, 2.05) is 30.3 Å². The van der Waals surface area contributed by atoms with Crippen molar-refractivity contribution in [1.82, 2.24) is 5.32 Å². The average Bonchev–Trinajstić information content (AvgIpc) is 2.81. The Morgan fingerprint density at radius 3 is 2.74 bits per heavy atom. The molecule has 1 amide bonds. The van der Waals surface area contributed by atoms with Crippen LogP contribution in [0, 0.1) is 11.8 Å². The fourth-order valence-corrected chi connectivity index (χ4v) is 2.60. The monoisotopic (exact) mass is 258 g/mol. The van der Waals surface area contributed by atoms with Gasteiger partial charge in [-0.2, -0.15) is 0 Å². The molecule has 0 bridgehead atoms. The number of anilines is 1. The third kappa shape index (κ3) is 4.12. The molecule has 2 atom stereocenters. The molecule has 1 aliphatic carbocycles. The molecule has 3 nitrogen and oxygen atoms in total. The molecule has 1 aromatic rings. The Balaban J connectivity index is 1.79. The Kier molecular flexibility index (Phi) is 4.61. The van der Waals surface area contributed by atoms with E-state index in [0.717, 1.165) is 23.7 Å². The minimum absolute atomic E-state index is 0.0177. The van der Waals surface area contributed by atoms with Gasteiger partial charge < -0.3 is 11.1 Å². The van der Waals surface area contributed by atoms with Crippen LogP contribution >= 0.6 is 0 Å². The van der Waals surface area contributed by atoms with Crippen molar-refractivity contribution in [2.45, 2.75) is 26.2 Å². The molecule has 2 unspecified atom stereocenters. The molecule has 0 radical (unpaired) electrons. The Morgan fingerprint density at radius 2 is 2.11 bits per heavy atom. The first-order chi connectivity index (χ1) is 9.15. The van der Waals surface area contributed by atoms with Crippen molar-refractivity contribution < 1.29 is 4.79 Å². The zero-order valence-corrected chi connectivity index (χ0v) is 11.4. The predicted molar refractivity (Wildman–Crippen MR) is 79.4 cm³/mol. The van der Waals surface area contributed by atoms with E-state index in [1.54, 1.807) is 6.08 Å². The van der Waals surface area contributed by atoms with Crippen molar-refractivity contribution in [3.05, 3.63) is 35.9 Å². The number of nitrogens with one attached hydrogen (secondary N) is 1. The van der Waals surface area contributed by atoms with Crippen molar-refractivity contribution in [1.29, 1.82) is 0 Å². The molecule has 19 heavy (non-hydrogen) atoms. The van der Waals surface area contributed by atoms with Crippen LogP contribution in [0.4, 0.5) is 5.69 Å². The smallest absolute Gasteiger partial charge is 0.244 e. The van der Waals surface area contributed by atoms with Crippen molar-refractivity contribution in [2.24, 2.45) is 11.8 Å². The lowest BCUT2D eigenvalue weighted by molar-refractivity contribution is -0.116. The van der Waals surface area contributed by atoms with Crippen LogP contribution in [0.2, 0.25) is 0 Å². The van der Waals surface area contributed by atoms with Crippen LogP contribution in [0.1, 0.15) is 31.7 Å². The molecule has 102 valence electrons. The lowest BCUT2D eigenvalue weighted by atomic mass is 9.98. The van der Waals surface area contributed by atoms with Gasteiger partial charge in [-0.15, -0.1) is 0 Å². The second-order valence-electron chi connectivity index (χ2n) is 5.41. The van der Waals surface area contributed by atoms with Crippen LogP contribution in [0.5, 0.6) is 0 Å². The van der Waals surface area contributed by atoms with Crippen LogP contribution < -0.4 is 11.1 Å². The third-order valence-electron chi connectivity index (χ3n) is 3.94. The van der Waals surface area contributed by atoms with E-state index in [4.69, 9.17) is 5.73 Å². The number of nitrogens with two attached hydrogens (primary N) is 1. The van der Waals surface area contributed by atoms with Gasteiger partial charge in [0.2, 0.25) is 5.91 Å². The van der Waals surface area contributed by atoms with Gasteiger partial charge in [0.1, 0.15) is 0 Å². The van der Waals surface area contributed by atoms with Crippen molar-refractivity contribution in [3.8, 4) is 0 Å². The highest BCUT2D eigenvalue weighted by molar-refractivity contribution is 5.91. The number of carbonyl (C=O) groups is 1. The Hall–Kier alpha value is -1.77. The lowest BCUT2D eigenvalue weighted by Crippen LogP contribution is -2.28. The molecule has 1 aromatic carbocycles. The summed E-state index contributed by atoms with van der Waals surface area (Å²) in [7, 11) is 0. The van der Waals surface area contributed by atoms with E-state index in [2.05, 4.69) is 12.2 Å². The third-order valence-corrected chi connectivity index (χ3v) is 3.94. The zero-order chi connectivity index (χ0) is 13.7. The second kappa shape index (κ2) is 6.41. The Labute approximate surface area is 114 Å². The number of benzene rings is 1. The molecular weight excluding hydrogens is 236 g/mol. The maximum Gasteiger partial charge on any atom is 0.244 e. The number of hydrogen-bond donors (Lipinski definition) is 2. The summed E-state index contributed by atoms with van der Waals surface area (Å²) in [5, 5.41) is 2.99. The number of amides is 1. The van der Waals surface area contributed by atoms with Gasteiger partial charge in [-0.1, -0.05) is 31.9 Å². The molecule has 1 saturated carbocycles. The van der Waals surface area contributed by atoms with Crippen molar-refractivity contribution in [3.63, 3.8) is 0 Å². The summed E-state index contributed by atoms with van der Waals surface area (Å²) in [6.07, 6.45) is 7.23.